The van der Waals surface area contributed by atoms with Crippen molar-refractivity contribution in [3.8, 4) is 0 Å². The Labute approximate surface area is 76.8 Å². The van der Waals surface area contributed by atoms with Gasteiger partial charge in [-0.25, -0.2) is 4.79 Å². The molecule has 0 aromatic carbocycles. The number of hydrogen-bond donors (Lipinski definition) is 1. The summed E-state index contributed by atoms with van der Waals surface area (Å²) in [6.45, 7) is 0.933. The summed E-state index contributed by atoms with van der Waals surface area (Å²) in [5, 5.41) is 8.96. The van der Waals surface area contributed by atoms with Crippen molar-refractivity contribution in [3.05, 3.63) is 0 Å². The van der Waals surface area contributed by atoms with Gasteiger partial charge in [0.15, 0.2) is 6.10 Å². The lowest BCUT2D eigenvalue weighted by molar-refractivity contribution is -0.212. The van der Waals surface area contributed by atoms with Crippen molar-refractivity contribution in [1.29, 1.82) is 0 Å². The number of ether oxygens (including phenoxy) is 2. The van der Waals surface area contributed by atoms with Gasteiger partial charge in [-0.2, -0.15) is 0 Å². The molecule has 2 rings (SSSR count). The van der Waals surface area contributed by atoms with Crippen molar-refractivity contribution in [2.24, 2.45) is 0 Å². The van der Waals surface area contributed by atoms with Crippen LogP contribution in [0.15, 0.2) is 0 Å². The van der Waals surface area contributed by atoms with E-state index in [0.717, 1.165) is 25.7 Å². The second kappa shape index (κ2) is 3.27. The van der Waals surface area contributed by atoms with Crippen LogP contribution in [0.2, 0.25) is 0 Å². The minimum Gasteiger partial charge on any atom is -0.479 e. The number of rotatable bonds is 1. The highest BCUT2D eigenvalue weighted by atomic mass is 16.6. The molecule has 0 bridgehead atoms. The van der Waals surface area contributed by atoms with Gasteiger partial charge in [0.2, 0.25) is 0 Å². The molecular formula is C9H14O4. The Morgan fingerprint density at radius 3 is 2.62 bits per heavy atom. The van der Waals surface area contributed by atoms with Crippen LogP contribution in [0.3, 0.4) is 0 Å². The Bertz CT molecular complexity index is 208. The monoisotopic (exact) mass is 186 g/mol. The predicted octanol–water partition coefficient (Wildman–Crippen LogP) is 0.799. The van der Waals surface area contributed by atoms with Crippen molar-refractivity contribution in [3.63, 3.8) is 0 Å². The van der Waals surface area contributed by atoms with E-state index in [1.54, 1.807) is 0 Å². The lowest BCUT2D eigenvalue weighted by Gasteiger charge is -2.38. The largest absolute Gasteiger partial charge is 0.479 e. The van der Waals surface area contributed by atoms with E-state index in [9.17, 15) is 4.79 Å². The zero-order valence-corrected chi connectivity index (χ0v) is 7.49. The fourth-order valence-corrected chi connectivity index (χ4v) is 2.31. The maximum Gasteiger partial charge on any atom is 0.335 e. The molecule has 4 heteroatoms. The summed E-state index contributed by atoms with van der Waals surface area (Å²) in [6, 6.07) is 0. The first-order chi connectivity index (χ1) is 6.25. The van der Waals surface area contributed by atoms with Gasteiger partial charge in [0.1, 0.15) is 5.60 Å². The zero-order valence-electron chi connectivity index (χ0n) is 7.49. The van der Waals surface area contributed by atoms with Crippen LogP contribution in [-0.4, -0.2) is 36.0 Å². The summed E-state index contributed by atoms with van der Waals surface area (Å²) in [5.74, 6) is -0.887. The third kappa shape index (κ3) is 1.44. The molecule has 13 heavy (non-hydrogen) atoms. The predicted molar refractivity (Wildman–Crippen MR) is 44.5 cm³/mol. The van der Waals surface area contributed by atoms with Crippen LogP contribution < -0.4 is 0 Å². The summed E-state index contributed by atoms with van der Waals surface area (Å²) >= 11 is 0. The number of aliphatic carboxylic acids is 1. The smallest absolute Gasteiger partial charge is 0.335 e. The number of carboxylic acids is 1. The molecule has 2 aliphatic rings. The standard InChI is InChI=1S/C9H14O4/c10-8(11)7-9(3-1-2-4-9)13-6-5-12-7/h7H,1-6H2,(H,10,11). The van der Waals surface area contributed by atoms with Crippen LogP contribution in [0.25, 0.3) is 0 Å². The van der Waals surface area contributed by atoms with E-state index in [2.05, 4.69) is 0 Å². The lowest BCUT2D eigenvalue weighted by atomic mass is 9.93. The molecule has 1 heterocycles. The Morgan fingerprint density at radius 2 is 2.00 bits per heavy atom. The van der Waals surface area contributed by atoms with E-state index in [4.69, 9.17) is 14.6 Å². The Balaban J connectivity index is 2.16. The molecule has 0 radical (unpaired) electrons. The third-order valence-corrected chi connectivity index (χ3v) is 2.91. The zero-order chi connectivity index (χ0) is 9.31. The lowest BCUT2D eigenvalue weighted by Crippen LogP contribution is -2.53. The van der Waals surface area contributed by atoms with Gasteiger partial charge in [-0.3, -0.25) is 0 Å². The van der Waals surface area contributed by atoms with Crippen LogP contribution in [0.1, 0.15) is 25.7 Å². The van der Waals surface area contributed by atoms with Crippen LogP contribution in [0.5, 0.6) is 0 Å². The summed E-state index contributed by atoms with van der Waals surface area (Å²) in [7, 11) is 0. The molecule has 1 unspecified atom stereocenters. The number of carboxylic acid groups (broad SMARTS) is 1. The normalized spacial score (nSPS) is 32.2. The van der Waals surface area contributed by atoms with Gasteiger partial charge in [-0.1, -0.05) is 12.8 Å². The average Bonchev–Trinajstić information content (AvgIpc) is 2.54. The molecule has 0 amide bonds. The van der Waals surface area contributed by atoms with Gasteiger partial charge in [0.05, 0.1) is 13.2 Å². The second-order valence-corrected chi connectivity index (χ2v) is 3.71. The summed E-state index contributed by atoms with van der Waals surface area (Å²) in [4.78, 5) is 10.9. The highest BCUT2D eigenvalue weighted by molar-refractivity contribution is 5.74. The molecule has 1 saturated heterocycles. The molecule has 0 aromatic rings. The van der Waals surface area contributed by atoms with Crippen molar-refractivity contribution >= 4 is 5.97 Å². The van der Waals surface area contributed by atoms with Gasteiger partial charge in [-0.05, 0) is 12.8 Å². The van der Waals surface area contributed by atoms with Crippen molar-refractivity contribution in [2.45, 2.75) is 37.4 Å². The van der Waals surface area contributed by atoms with E-state index in [0.29, 0.717) is 13.2 Å². The average molecular weight is 186 g/mol. The van der Waals surface area contributed by atoms with E-state index in [1.165, 1.54) is 0 Å². The SMILES string of the molecule is O=C(O)C1OCCOC12CCCC2. The minimum absolute atomic E-state index is 0.402. The quantitative estimate of drug-likeness (QED) is 0.658. The van der Waals surface area contributed by atoms with Gasteiger partial charge in [0.25, 0.3) is 0 Å². The Morgan fingerprint density at radius 1 is 1.31 bits per heavy atom. The third-order valence-electron chi connectivity index (χ3n) is 2.91. The molecule has 1 aliphatic heterocycles. The number of carbonyl (C=O) groups is 1. The van der Waals surface area contributed by atoms with E-state index < -0.39 is 17.7 Å². The second-order valence-electron chi connectivity index (χ2n) is 3.71. The van der Waals surface area contributed by atoms with Crippen molar-refractivity contribution in [2.75, 3.05) is 13.2 Å². The molecule has 1 saturated carbocycles. The molecule has 1 spiro atoms. The minimum atomic E-state index is -0.887. The fraction of sp³-hybridized carbons (Fsp3) is 0.889. The van der Waals surface area contributed by atoms with Crippen molar-refractivity contribution in [1.82, 2.24) is 0 Å². The molecular weight excluding hydrogens is 172 g/mol. The molecule has 1 aliphatic carbocycles. The van der Waals surface area contributed by atoms with E-state index in [-0.39, 0.29) is 0 Å². The first-order valence-electron chi connectivity index (χ1n) is 4.73. The topological polar surface area (TPSA) is 55.8 Å². The first kappa shape index (κ1) is 8.97. The van der Waals surface area contributed by atoms with Gasteiger partial charge >= 0.3 is 5.97 Å². The van der Waals surface area contributed by atoms with Gasteiger partial charge in [0, 0.05) is 0 Å². The molecule has 2 fully saturated rings. The van der Waals surface area contributed by atoms with Gasteiger partial charge in [-0.15, -0.1) is 0 Å². The highest BCUT2D eigenvalue weighted by Crippen LogP contribution is 2.39. The maximum atomic E-state index is 10.9. The van der Waals surface area contributed by atoms with Crippen LogP contribution in [-0.2, 0) is 14.3 Å². The number of hydrogen-bond acceptors (Lipinski definition) is 3. The van der Waals surface area contributed by atoms with Crippen LogP contribution in [0.4, 0.5) is 0 Å². The van der Waals surface area contributed by atoms with E-state index >= 15 is 0 Å². The van der Waals surface area contributed by atoms with Crippen molar-refractivity contribution < 1.29 is 19.4 Å². The fourth-order valence-electron chi connectivity index (χ4n) is 2.31. The molecule has 74 valence electrons. The summed E-state index contributed by atoms with van der Waals surface area (Å²) in [5.41, 5.74) is -0.510. The molecule has 4 nitrogen and oxygen atoms in total. The molecule has 1 atom stereocenters. The Kier molecular flexibility index (Phi) is 2.26. The maximum absolute atomic E-state index is 10.9. The Hall–Kier alpha value is -0.610. The summed E-state index contributed by atoms with van der Waals surface area (Å²) < 4.78 is 10.8. The first-order valence-corrected chi connectivity index (χ1v) is 4.73. The summed E-state index contributed by atoms with van der Waals surface area (Å²) in [6.07, 6.45) is 3.00. The van der Waals surface area contributed by atoms with Crippen LogP contribution in [0, 0.1) is 0 Å². The molecule has 0 aromatic heterocycles. The van der Waals surface area contributed by atoms with E-state index in [1.807, 2.05) is 0 Å². The van der Waals surface area contributed by atoms with Gasteiger partial charge < -0.3 is 14.6 Å². The highest BCUT2D eigenvalue weighted by Gasteiger charge is 2.49. The molecule has 1 N–H and O–H groups in total. The van der Waals surface area contributed by atoms with Crippen LogP contribution >= 0.6 is 0 Å².